The predicted octanol–water partition coefficient (Wildman–Crippen LogP) is 3.63. The van der Waals surface area contributed by atoms with E-state index in [0.29, 0.717) is 0 Å². The lowest BCUT2D eigenvalue weighted by molar-refractivity contribution is 0.0482. The number of sulfone groups is 1. The molecule has 3 aromatic rings. The summed E-state index contributed by atoms with van der Waals surface area (Å²) in [6.07, 6.45) is 0. The third-order valence-electron chi connectivity index (χ3n) is 4.57. The van der Waals surface area contributed by atoms with E-state index in [4.69, 9.17) is 14.2 Å². The largest absolute Gasteiger partial charge is 0.485 e. The first-order valence-electron chi connectivity index (χ1n) is 8.87. The summed E-state index contributed by atoms with van der Waals surface area (Å²) in [5.74, 6) is 0.0900. The van der Waals surface area contributed by atoms with Gasteiger partial charge in [-0.2, -0.15) is 0 Å². The summed E-state index contributed by atoms with van der Waals surface area (Å²) in [6, 6.07) is 18.4. The monoisotopic (exact) mass is 410 g/mol. The molecule has 0 radical (unpaired) electrons. The summed E-state index contributed by atoms with van der Waals surface area (Å²) < 4.78 is 42.6. The van der Waals surface area contributed by atoms with E-state index in [0.717, 1.165) is 5.56 Å². The second-order valence-corrected chi connectivity index (χ2v) is 8.34. The molecule has 0 bridgehead atoms. The van der Waals surface area contributed by atoms with E-state index in [9.17, 15) is 13.2 Å². The van der Waals surface area contributed by atoms with Crippen LogP contribution in [-0.4, -0.2) is 28.1 Å². The highest BCUT2D eigenvalue weighted by Gasteiger charge is 2.36. The third-order valence-corrected chi connectivity index (χ3v) is 6.42. The Morgan fingerprint density at radius 1 is 0.793 bits per heavy atom. The van der Waals surface area contributed by atoms with Crippen molar-refractivity contribution in [3.8, 4) is 11.5 Å². The normalized spacial score (nSPS) is 14.0. The number of ketones is 1. The molecule has 3 aromatic carbocycles. The minimum Gasteiger partial charge on any atom is -0.485 e. The Labute approximate surface area is 168 Å². The van der Waals surface area contributed by atoms with E-state index in [2.05, 4.69) is 0 Å². The molecule has 6 nitrogen and oxygen atoms in total. The molecule has 0 saturated carbocycles. The first kappa shape index (κ1) is 19.2. The Morgan fingerprint density at radius 3 is 2.24 bits per heavy atom. The predicted molar refractivity (Wildman–Crippen MR) is 105 cm³/mol. The summed E-state index contributed by atoms with van der Waals surface area (Å²) in [6.45, 7) is 0.144. The van der Waals surface area contributed by atoms with Gasteiger partial charge in [-0.05, 0) is 23.8 Å². The van der Waals surface area contributed by atoms with Crippen molar-refractivity contribution >= 4 is 15.6 Å². The van der Waals surface area contributed by atoms with Gasteiger partial charge in [0.1, 0.15) is 6.61 Å². The Kier molecular flexibility index (Phi) is 5.08. The summed E-state index contributed by atoms with van der Waals surface area (Å²) in [5.41, 5.74) is 1.12. The summed E-state index contributed by atoms with van der Waals surface area (Å²) in [7, 11) is -2.40. The minimum atomic E-state index is -3.86. The molecule has 148 valence electrons. The Hall–Kier alpha value is -3.16. The molecule has 1 aliphatic heterocycles. The van der Waals surface area contributed by atoms with Crippen LogP contribution in [0.5, 0.6) is 11.5 Å². The van der Waals surface area contributed by atoms with E-state index < -0.39 is 9.84 Å². The lowest BCUT2D eigenvalue weighted by Gasteiger charge is -2.21. The average molecular weight is 410 g/mol. The quantitative estimate of drug-likeness (QED) is 0.452. The van der Waals surface area contributed by atoms with Crippen molar-refractivity contribution < 1.29 is 27.4 Å². The van der Waals surface area contributed by atoms with Crippen molar-refractivity contribution in [3.05, 3.63) is 83.4 Å². The number of rotatable bonds is 6. The second kappa shape index (κ2) is 7.69. The molecule has 0 spiro atoms. The molecule has 1 aliphatic rings. The zero-order chi connectivity index (χ0) is 20.4. The lowest BCUT2D eigenvalue weighted by atomic mass is 10.0. The third kappa shape index (κ3) is 3.50. The van der Waals surface area contributed by atoms with Crippen LogP contribution in [0, 0.1) is 0 Å². The molecule has 0 unspecified atom stereocenters. The zero-order valence-corrected chi connectivity index (χ0v) is 16.4. The van der Waals surface area contributed by atoms with Crippen molar-refractivity contribution in [2.24, 2.45) is 0 Å². The summed E-state index contributed by atoms with van der Waals surface area (Å²) >= 11 is 0. The van der Waals surface area contributed by atoms with Gasteiger partial charge in [-0.15, -0.1) is 0 Å². The van der Waals surface area contributed by atoms with Gasteiger partial charge in [0, 0.05) is 24.3 Å². The van der Waals surface area contributed by atoms with Gasteiger partial charge in [-0.25, -0.2) is 8.42 Å². The standard InChI is InChI=1S/C22H18O6S/c1-26-14-28-18-11-17-21(12-19(18)27-13-15-7-3-2-4-8-15)29(24,25)20-10-6-5-9-16(20)22(17)23/h2-12H,13-14H2,1H3. The van der Waals surface area contributed by atoms with Gasteiger partial charge in [0.05, 0.1) is 9.79 Å². The van der Waals surface area contributed by atoms with Crippen molar-refractivity contribution in [2.45, 2.75) is 16.4 Å². The molecule has 0 aromatic heterocycles. The number of hydrogen-bond acceptors (Lipinski definition) is 6. The van der Waals surface area contributed by atoms with Crippen LogP contribution in [0.1, 0.15) is 21.5 Å². The first-order valence-corrected chi connectivity index (χ1v) is 10.4. The molecule has 0 aliphatic carbocycles. The van der Waals surface area contributed by atoms with Crippen LogP contribution < -0.4 is 9.47 Å². The molecule has 7 heteroatoms. The molecular formula is C22H18O6S. The molecule has 0 N–H and O–H groups in total. The second-order valence-electron chi connectivity index (χ2n) is 6.45. The minimum absolute atomic E-state index is 0.00271. The fourth-order valence-electron chi connectivity index (χ4n) is 3.18. The average Bonchev–Trinajstić information content (AvgIpc) is 2.75. The van der Waals surface area contributed by atoms with Gasteiger partial charge in [0.2, 0.25) is 9.84 Å². The molecule has 0 saturated heterocycles. The fraction of sp³-hybridized carbons (Fsp3) is 0.136. The van der Waals surface area contributed by atoms with Crippen LogP contribution in [0.3, 0.4) is 0 Å². The topological polar surface area (TPSA) is 78.9 Å². The molecular weight excluding hydrogens is 392 g/mol. The summed E-state index contributed by atoms with van der Waals surface area (Å²) in [5, 5.41) is 0. The molecule has 0 fully saturated rings. The van der Waals surface area contributed by atoms with Crippen LogP contribution >= 0.6 is 0 Å². The van der Waals surface area contributed by atoms with Crippen LogP contribution in [-0.2, 0) is 21.2 Å². The van der Waals surface area contributed by atoms with Crippen LogP contribution in [0.25, 0.3) is 0 Å². The van der Waals surface area contributed by atoms with Gasteiger partial charge in [-0.1, -0.05) is 42.5 Å². The zero-order valence-electron chi connectivity index (χ0n) is 15.6. The van der Waals surface area contributed by atoms with Crippen LogP contribution in [0.4, 0.5) is 0 Å². The number of benzene rings is 3. The highest BCUT2D eigenvalue weighted by molar-refractivity contribution is 7.91. The van der Waals surface area contributed by atoms with Gasteiger partial charge < -0.3 is 14.2 Å². The maximum Gasteiger partial charge on any atom is 0.208 e. The van der Waals surface area contributed by atoms with Gasteiger partial charge in [0.25, 0.3) is 0 Å². The van der Waals surface area contributed by atoms with Crippen LogP contribution in [0.2, 0.25) is 0 Å². The van der Waals surface area contributed by atoms with Gasteiger partial charge >= 0.3 is 0 Å². The van der Waals surface area contributed by atoms with E-state index in [1.54, 1.807) is 12.1 Å². The van der Waals surface area contributed by atoms with E-state index in [-0.39, 0.29) is 51.6 Å². The number of ether oxygens (including phenoxy) is 3. The number of carbonyl (C=O) groups excluding carboxylic acids is 1. The molecule has 29 heavy (non-hydrogen) atoms. The van der Waals surface area contributed by atoms with Crippen molar-refractivity contribution in [1.82, 2.24) is 0 Å². The number of fused-ring (bicyclic) bond motifs is 2. The maximum atomic E-state index is 13.1. The highest BCUT2D eigenvalue weighted by atomic mass is 32.2. The molecule has 1 heterocycles. The maximum absolute atomic E-state index is 13.1. The van der Waals surface area contributed by atoms with E-state index >= 15 is 0 Å². The molecule has 4 rings (SSSR count). The Bertz CT molecular complexity index is 1170. The fourth-order valence-corrected chi connectivity index (χ4v) is 4.82. The van der Waals surface area contributed by atoms with Crippen molar-refractivity contribution in [1.29, 1.82) is 0 Å². The Balaban J connectivity index is 1.80. The van der Waals surface area contributed by atoms with E-state index in [1.807, 2.05) is 30.3 Å². The lowest BCUT2D eigenvalue weighted by Crippen LogP contribution is -2.20. The van der Waals surface area contributed by atoms with E-state index in [1.165, 1.54) is 31.4 Å². The summed E-state index contributed by atoms with van der Waals surface area (Å²) in [4.78, 5) is 12.8. The number of methoxy groups -OCH3 is 1. The smallest absolute Gasteiger partial charge is 0.208 e. The Morgan fingerprint density at radius 2 is 1.48 bits per heavy atom. The molecule has 0 amide bonds. The number of hydrogen-bond donors (Lipinski definition) is 0. The molecule has 0 atom stereocenters. The first-order chi connectivity index (χ1) is 14.0. The van der Waals surface area contributed by atoms with Crippen molar-refractivity contribution in [3.63, 3.8) is 0 Å². The van der Waals surface area contributed by atoms with Gasteiger partial charge in [-0.3, -0.25) is 4.79 Å². The van der Waals surface area contributed by atoms with Crippen LogP contribution in [0.15, 0.2) is 76.5 Å². The highest BCUT2D eigenvalue weighted by Crippen LogP contribution is 2.40. The SMILES string of the molecule is COCOc1cc2c(cc1OCc1ccccc1)S(=O)(=O)c1ccccc1C2=O. The van der Waals surface area contributed by atoms with Gasteiger partial charge in [0.15, 0.2) is 24.1 Å². The number of carbonyl (C=O) groups is 1. The van der Waals surface area contributed by atoms with Crippen molar-refractivity contribution in [2.75, 3.05) is 13.9 Å².